The molecule has 2 aromatic rings. The van der Waals surface area contributed by atoms with E-state index in [1.165, 1.54) is 31.0 Å². The fourth-order valence-corrected chi connectivity index (χ4v) is 3.62. The number of halogens is 2. The van der Waals surface area contributed by atoms with Gasteiger partial charge >= 0.3 is 0 Å². The molecule has 1 aliphatic rings. The molecule has 0 atom stereocenters. The van der Waals surface area contributed by atoms with Crippen molar-refractivity contribution in [2.24, 2.45) is 4.99 Å². The van der Waals surface area contributed by atoms with E-state index in [-0.39, 0.29) is 42.4 Å². The zero-order valence-electron chi connectivity index (χ0n) is 18.5. The van der Waals surface area contributed by atoms with Crippen LogP contribution in [0.3, 0.4) is 0 Å². The van der Waals surface area contributed by atoms with E-state index in [2.05, 4.69) is 15.6 Å². The van der Waals surface area contributed by atoms with Crippen molar-refractivity contribution in [3.05, 3.63) is 58.9 Å². The van der Waals surface area contributed by atoms with Gasteiger partial charge in [-0.15, -0.1) is 24.0 Å². The number of methoxy groups -OCH3 is 1. The fraction of sp³-hybridized carbons (Fsp3) is 0.417. The summed E-state index contributed by atoms with van der Waals surface area (Å²) in [6.45, 7) is 3.23. The summed E-state index contributed by atoms with van der Waals surface area (Å²) in [7, 11) is 1.64. The zero-order valence-corrected chi connectivity index (χ0v) is 20.8. The number of rotatable bonds is 8. The van der Waals surface area contributed by atoms with Crippen molar-refractivity contribution < 1.29 is 13.9 Å². The Morgan fingerprint density at radius 3 is 2.66 bits per heavy atom. The van der Waals surface area contributed by atoms with Crippen LogP contribution in [0.5, 0.6) is 11.5 Å². The van der Waals surface area contributed by atoms with Gasteiger partial charge in [-0.1, -0.05) is 12.1 Å². The maximum atomic E-state index is 14.1. The second-order valence-corrected chi connectivity index (χ2v) is 7.44. The SMILES string of the molecule is CCNC(=NCc1cc(C#N)ccc1F)NCc1cccc(OC)c1OC1CCCC1.I. The summed E-state index contributed by atoms with van der Waals surface area (Å²) in [6.07, 6.45) is 4.71. The van der Waals surface area contributed by atoms with Crippen LogP contribution in [-0.2, 0) is 13.1 Å². The summed E-state index contributed by atoms with van der Waals surface area (Å²) in [5.41, 5.74) is 1.76. The molecule has 8 heteroatoms. The second kappa shape index (κ2) is 13.1. The molecule has 1 aliphatic carbocycles. The van der Waals surface area contributed by atoms with Crippen molar-refractivity contribution in [2.45, 2.75) is 51.8 Å². The lowest BCUT2D eigenvalue weighted by molar-refractivity contribution is 0.198. The molecule has 2 aromatic carbocycles. The fourth-order valence-electron chi connectivity index (χ4n) is 3.62. The van der Waals surface area contributed by atoms with Crippen molar-refractivity contribution in [1.29, 1.82) is 5.26 Å². The van der Waals surface area contributed by atoms with E-state index in [0.717, 1.165) is 24.2 Å². The predicted molar refractivity (Wildman–Crippen MR) is 134 cm³/mol. The first-order chi connectivity index (χ1) is 15.1. The minimum Gasteiger partial charge on any atom is -0.493 e. The van der Waals surface area contributed by atoms with Crippen molar-refractivity contribution >= 4 is 29.9 Å². The molecule has 172 valence electrons. The number of hydrogen-bond donors (Lipinski definition) is 2. The Balaban J connectivity index is 0.00000363. The molecule has 1 saturated carbocycles. The van der Waals surface area contributed by atoms with Gasteiger partial charge in [0, 0.05) is 24.2 Å². The highest BCUT2D eigenvalue weighted by Crippen LogP contribution is 2.34. The normalized spacial score (nSPS) is 13.8. The third kappa shape index (κ3) is 6.99. The van der Waals surface area contributed by atoms with Crippen LogP contribution in [-0.4, -0.2) is 25.7 Å². The first-order valence-electron chi connectivity index (χ1n) is 10.7. The zero-order chi connectivity index (χ0) is 22.1. The minimum absolute atomic E-state index is 0. The van der Waals surface area contributed by atoms with E-state index in [4.69, 9.17) is 14.7 Å². The summed E-state index contributed by atoms with van der Waals surface area (Å²) in [6, 6.07) is 12.1. The van der Waals surface area contributed by atoms with Crippen molar-refractivity contribution in [2.75, 3.05) is 13.7 Å². The highest BCUT2D eigenvalue weighted by molar-refractivity contribution is 14.0. The largest absolute Gasteiger partial charge is 0.493 e. The monoisotopic (exact) mass is 552 g/mol. The Bertz CT molecular complexity index is 956. The molecule has 0 unspecified atom stereocenters. The Morgan fingerprint density at radius 2 is 1.97 bits per heavy atom. The van der Waals surface area contributed by atoms with Crippen LogP contribution in [0.25, 0.3) is 0 Å². The van der Waals surface area contributed by atoms with E-state index in [9.17, 15) is 4.39 Å². The maximum Gasteiger partial charge on any atom is 0.191 e. The number of hydrogen-bond acceptors (Lipinski definition) is 4. The molecule has 3 rings (SSSR count). The quantitative estimate of drug-likeness (QED) is 0.277. The summed E-state index contributed by atoms with van der Waals surface area (Å²) >= 11 is 0. The molecule has 0 bridgehead atoms. The van der Waals surface area contributed by atoms with Crippen LogP contribution in [0.1, 0.15) is 49.3 Å². The molecule has 0 saturated heterocycles. The second-order valence-electron chi connectivity index (χ2n) is 7.44. The number of nitrogens with zero attached hydrogens (tertiary/aromatic N) is 2. The smallest absolute Gasteiger partial charge is 0.191 e. The Hall–Kier alpha value is -2.54. The molecule has 0 spiro atoms. The number of ether oxygens (including phenoxy) is 2. The molecule has 0 aromatic heterocycles. The Kier molecular flexibility index (Phi) is 10.5. The molecule has 6 nitrogen and oxygen atoms in total. The van der Waals surface area contributed by atoms with Gasteiger partial charge < -0.3 is 20.1 Å². The van der Waals surface area contributed by atoms with Crippen LogP contribution in [0.15, 0.2) is 41.4 Å². The molecule has 0 heterocycles. The lowest BCUT2D eigenvalue weighted by Gasteiger charge is -2.20. The third-order valence-corrected chi connectivity index (χ3v) is 5.24. The Labute approximate surface area is 206 Å². The van der Waals surface area contributed by atoms with E-state index in [1.807, 2.05) is 31.2 Å². The van der Waals surface area contributed by atoms with E-state index in [0.29, 0.717) is 35.9 Å². The first kappa shape index (κ1) is 25.7. The molecule has 0 radical (unpaired) electrons. The number of nitriles is 1. The van der Waals surface area contributed by atoms with Gasteiger partial charge in [0.15, 0.2) is 17.5 Å². The van der Waals surface area contributed by atoms with Crippen LogP contribution >= 0.6 is 24.0 Å². The predicted octanol–water partition coefficient (Wildman–Crippen LogP) is 4.90. The van der Waals surface area contributed by atoms with Gasteiger partial charge in [0.2, 0.25) is 0 Å². The standard InChI is InChI=1S/C24H29FN4O2.HI/c1-3-27-24(29-16-19-13-17(14-26)11-12-21(19)25)28-15-18-7-6-10-22(30-2)23(18)31-20-8-4-5-9-20;/h6-7,10-13,20H,3-5,8-9,15-16H2,1-2H3,(H2,27,28,29);1H. The van der Waals surface area contributed by atoms with Crippen LogP contribution in [0, 0.1) is 17.1 Å². The number of aliphatic imine (C=N–C) groups is 1. The van der Waals surface area contributed by atoms with E-state index in [1.54, 1.807) is 7.11 Å². The third-order valence-electron chi connectivity index (χ3n) is 5.24. The number of para-hydroxylation sites is 1. The van der Waals surface area contributed by atoms with Crippen molar-refractivity contribution in [3.8, 4) is 17.6 Å². The average molecular weight is 552 g/mol. The van der Waals surface area contributed by atoms with E-state index >= 15 is 0 Å². The highest BCUT2D eigenvalue weighted by Gasteiger charge is 2.20. The van der Waals surface area contributed by atoms with Gasteiger partial charge in [-0.3, -0.25) is 0 Å². The maximum absolute atomic E-state index is 14.1. The first-order valence-corrected chi connectivity index (χ1v) is 10.7. The minimum atomic E-state index is -0.376. The number of nitrogens with one attached hydrogen (secondary N) is 2. The van der Waals surface area contributed by atoms with Gasteiger partial charge in [-0.05, 0) is 56.9 Å². The van der Waals surface area contributed by atoms with Crippen molar-refractivity contribution in [1.82, 2.24) is 10.6 Å². The molecule has 32 heavy (non-hydrogen) atoms. The van der Waals surface area contributed by atoms with Crippen LogP contribution < -0.4 is 20.1 Å². The topological polar surface area (TPSA) is 78.7 Å². The van der Waals surface area contributed by atoms with Gasteiger partial charge in [0.05, 0.1) is 31.4 Å². The molecule has 0 aliphatic heterocycles. The summed E-state index contributed by atoms with van der Waals surface area (Å²) in [4.78, 5) is 4.48. The van der Waals surface area contributed by atoms with Gasteiger partial charge in [-0.2, -0.15) is 5.26 Å². The van der Waals surface area contributed by atoms with Gasteiger partial charge in [-0.25, -0.2) is 9.38 Å². The Morgan fingerprint density at radius 1 is 1.19 bits per heavy atom. The summed E-state index contributed by atoms with van der Waals surface area (Å²) < 4.78 is 25.9. The van der Waals surface area contributed by atoms with Gasteiger partial charge in [0.25, 0.3) is 0 Å². The number of guanidine groups is 1. The van der Waals surface area contributed by atoms with Gasteiger partial charge in [0.1, 0.15) is 5.82 Å². The molecule has 0 amide bonds. The van der Waals surface area contributed by atoms with Crippen molar-refractivity contribution in [3.63, 3.8) is 0 Å². The molecule has 2 N–H and O–H groups in total. The lowest BCUT2D eigenvalue weighted by Crippen LogP contribution is -2.37. The van der Waals surface area contributed by atoms with Crippen LogP contribution in [0.4, 0.5) is 4.39 Å². The summed E-state index contributed by atoms with van der Waals surface area (Å²) in [5.74, 6) is 1.65. The summed E-state index contributed by atoms with van der Waals surface area (Å²) in [5, 5.41) is 15.5. The van der Waals surface area contributed by atoms with E-state index < -0.39 is 0 Å². The molecule has 1 fully saturated rings. The molecular weight excluding hydrogens is 522 g/mol. The lowest BCUT2D eigenvalue weighted by atomic mass is 10.1. The highest BCUT2D eigenvalue weighted by atomic mass is 127. The average Bonchev–Trinajstić information content (AvgIpc) is 3.30. The van der Waals surface area contributed by atoms with Crippen LogP contribution in [0.2, 0.25) is 0 Å². The number of benzene rings is 2. The molecular formula is C24H30FIN4O2.